The first-order valence-electron chi connectivity index (χ1n) is 7.25. The predicted octanol–water partition coefficient (Wildman–Crippen LogP) is 1.81. The lowest BCUT2D eigenvalue weighted by Crippen LogP contribution is -2.36. The number of carboxylic acid groups (broad SMARTS) is 1. The lowest BCUT2D eigenvalue weighted by molar-refractivity contribution is -0.137. The second-order valence-electron chi connectivity index (χ2n) is 4.86. The average molecular weight is 314 g/mol. The van der Waals surface area contributed by atoms with E-state index < -0.39 is 5.97 Å². The summed E-state index contributed by atoms with van der Waals surface area (Å²) in [5.74, 6) is -0.371. The molecule has 0 spiro atoms. The maximum Gasteiger partial charge on any atom is 0.315 e. The van der Waals surface area contributed by atoms with Crippen LogP contribution in [-0.2, 0) is 11.3 Å². The van der Waals surface area contributed by atoms with Crippen LogP contribution in [0.2, 0.25) is 0 Å². The Bertz CT molecular complexity index is 644. The molecule has 0 atom stereocenters. The summed E-state index contributed by atoms with van der Waals surface area (Å²) in [7, 11) is 0. The number of nitrogens with zero attached hydrogens (tertiary/aromatic N) is 2. The lowest BCUT2D eigenvalue weighted by atomic mass is 10.1. The molecule has 7 heteroatoms. The normalized spacial score (nSPS) is 10.1. The molecule has 1 aromatic carbocycles. The minimum Gasteiger partial charge on any atom is -0.481 e. The van der Waals surface area contributed by atoms with E-state index >= 15 is 0 Å². The van der Waals surface area contributed by atoms with Gasteiger partial charge < -0.3 is 15.7 Å². The zero-order chi connectivity index (χ0) is 16.5. The standard InChI is InChI=1S/C16H18N4O3/c21-15(22)7-4-8-17-16(23)20-11-14-18-9-13(10-19-14)12-5-2-1-3-6-12/h1-3,5-6,9-10H,4,7-8,11H2,(H,21,22)(H2,17,20,23). The largest absolute Gasteiger partial charge is 0.481 e. The molecule has 0 unspecified atom stereocenters. The summed E-state index contributed by atoms with van der Waals surface area (Å²) in [5.41, 5.74) is 1.94. The first-order chi connectivity index (χ1) is 11.1. The number of carbonyl (C=O) groups excluding carboxylic acids is 1. The van der Waals surface area contributed by atoms with Crippen LogP contribution in [0.3, 0.4) is 0 Å². The molecule has 0 saturated carbocycles. The number of hydrogen-bond donors (Lipinski definition) is 3. The monoisotopic (exact) mass is 314 g/mol. The molecule has 1 heterocycles. The molecule has 0 aliphatic heterocycles. The molecule has 23 heavy (non-hydrogen) atoms. The van der Waals surface area contributed by atoms with Crippen LogP contribution < -0.4 is 10.6 Å². The van der Waals surface area contributed by atoms with Crippen molar-refractivity contribution in [3.05, 3.63) is 48.5 Å². The van der Waals surface area contributed by atoms with Crippen molar-refractivity contribution in [2.75, 3.05) is 6.54 Å². The van der Waals surface area contributed by atoms with E-state index in [9.17, 15) is 9.59 Å². The van der Waals surface area contributed by atoms with Gasteiger partial charge in [-0.05, 0) is 12.0 Å². The van der Waals surface area contributed by atoms with Gasteiger partial charge in [0.15, 0.2) is 0 Å². The van der Waals surface area contributed by atoms with E-state index in [-0.39, 0.29) is 19.0 Å². The Hall–Kier alpha value is -2.96. The summed E-state index contributed by atoms with van der Waals surface area (Å²) in [6.07, 6.45) is 3.85. The van der Waals surface area contributed by atoms with Crippen molar-refractivity contribution in [3.8, 4) is 11.1 Å². The van der Waals surface area contributed by atoms with Crippen molar-refractivity contribution in [2.24, 2.45) is 0 Å². The van der Waals surface area contributed by atoms with E-state index in [1.54, 1.807) is 12.4 Å². The van der Waals surface area contributed by atoms with Crippen molar-refractivity contribution in [3.63, 3.8) is 0 Å². The Labute approximate surface area is 133 Å². The SMILES string of the molecule is O=C(O)CCCNC(=O)NCc1ncc(-c2ccccc2)cn1. The molecule has 7 nitrogen and oxygen atoms in total. The molecular weight excluding hydrogens is 296 g/mol. The molecule has 120 valence electrons. The molecule has 0 bridgehead atoms. The van der Waals surface area contributed by atoms with Gasteiger partial charge in [0, 0.05) is 30.9 Å². The maximum absolute atomic E-state index is 11.5. The zero-order valence-electron chi connectivity index (χ0n) is 12.5. The highest BCUT2D eigenvalue weighted by atomic mass is 16.4. The smallest absolute Gasteiger partial charge is 0.315 e. The molecule has 0 aliphatic carbocycles. The van der Waals surface area contributed by atoms with Crippen LogP contribution in [0.4, 0.5) is 4.79 Å². The third kappa shape index (κ3) is 5.74. The van der Waals surface area contributed by atoms with E-state index in [0.717, 1.165) is 11.1 Å². The maximum atomic E-state index is 11.5. The summed E-state index contributed by atoms with van der Waals surface area (Å²) >= 11 is 0. The van der Waals surface area contributed by atoms with Gasteiger partial charge in [-0.25, -0.2) is 14.8 Å². The number of carboxylic acids is 1. The van der Waals surface area contributed by atoms with Crippen LogP contribution in [0.1, 0.15) is 18.7 Å². The van der Waals surface area contributed by atoms with Crippen LogP contribution in [0.5, 0.6) is 0 Å². The van der Waals surface area contributed by atoms with E-state index in [4.69, 9.17) is 5.11 Å². The van der Waals surface area contributed by atoms with Gasteiger partial charge in [-0.1, -0.05) is 30.3 Å². The minimum absolute atomic E-state index is 0.0321. The van der Waals surface area contributed by atoms with Gasteiger partial charge in [0.05, 0.1) is 6.54 Å². The first kappa shape index (κ1) is 16.4. The highest BCUT2D eigenvalue weighted by molar-refractivity contribution is 5.73. The number of amides is 2. The number of aliphatic carboxylic acids is 1. The van der Waals surface area contributed by atoms with Crippen LogP contribution in [0, 0.1) is 0 Å². The van der Waals surface area contributed by atoms with Crippen LogP contribution in [-0.4, -0.2) is 33.6 Å². The molecule has 3 N–H and O–H groups in total. The van der Waals surface area contributed by atoms with Gasteiger partial charge >= 0.3 is 12.0 Å². The Balaban J connectivity index is 1.76. The number of rotatable bonds is 7. The summed E-state index contributed by atoms with van der Waals surface area (Å²) in [6, 6.07) is 9.41. The summed E-state index contributed by atoms with van der Waals surface area (Å²) in [5, 5.41) is 13.7. The third-order valence-corrected chi connectivity index (χ3v) is 3.07. The molecule has 0 saturated heterocycles. The fourth-order valence-corrected chi connectivity index (χ4v) is 1.89. The van der Waals surface area contributed by atoms with Gasteiger partial charge in [-0.3, -0.25) is 4.79 Å². The topological polar surface area (TPSA) is 104 Å². The quantitative estimate of drug-likeness (QED) is 0.676. The highest BCUT2D eigenvalue weighted by Crippen LogP contribution is 2.16. The Morgan fingerprint density at radius 1 is 1.00 bits per heavy atom. The number of hydrogen-bond acceptors (Lipinski definition) is 4. The third-order valence-electron chi connectivity index (χ3n) is 3.07. The summed E-state index contributed by atoms with van der Waals surface area (Å²) < 4.78 is 0. The average Bonchev–Trinajstić information content (AvgIpc) is 2.58. The predicted molar refractivity (Wildman–Crippen MR) is 84.6 cm³/mol. The molecule has 0 fully saturated rings. The van der Waals surface area contributed by atoms with Gasteiger partial charge in [-0.2, -0.15) is 0 Å². The first-order valence-corrected chi connectivity index (χ1v) is 7.25. The summed E-state index contributed by atoms with van der Waals surface area (Å²) in [4.78, 5) is 30.3. The number of nitrogens with one attached hydrogen (secondary N) is 2. The van der Waals surface area contributed by atoms with Crippen LogP contribution >= 0.6 is 0 Å². The second kappa shape index (κ2) is 8.47. The molecular formula is C16H18N4O3. The second-order valence-corrected chi connectivity index (χ2v) is 4.86. The lowest BCUT2D eigenvalue weighted by Gasteiger charge is -2.07. The van der Waals surface area contributed by atoms with Crippen LogP contribution in [0.15, 0.2) is 42.7 Å². The number of carbonyl (C=O) groups is 2. The molecule has 2 amide bonds. The van der Waals surface area contributed by atoms with E-state index in [1.807, 2.05) is 30.3 Å². The van der Waals surface area contributed by atoms with Crippen molar-refractivity contribution < 1.29 is 14.7 Å². The van der Waals surface area contributed by atoms with Gasteiger partial charge in [0.2, 0.25) is 0 Å². The van der Waals surface area contributed by atoms with Crippen molar-refractivity contribution in [1.29, 1.82) is 0 Å². The molecule has 2 rings (SSSR count). The van der Waals surface area contributed by atoms with Crippen molar-refractivity contribution in [1.82, 2.24) is 20.6 Å². The van der Waals surface area contributed by atoms with E-state index in [1.165, 1.54) is 0 Å². The fraction of sp³-hybridized carbons (Fsp3) is 0.250. The van der Waals surface area contributed by atoms with Gasteiger partial charge in [-0.15, -0.1) is 0 Å². The molecule has 1 aromatic heterocycles. The minimum atomic E-state index is -0.876. The number of urea groups is 1. The zero-order valence-corrected chi connectivity index (χ0v) is 12.5. The van der Waals surface area contributed by atoms with E-state index in [2.05, 4.69) is 20.6 Å². The number of aromatic nitrogens is 2. The molecule has 2 aromatic rings. The van der Waals surface area contributed by atoms with Crippen molar-refractivity contribution >= 4 is 12.0 Å². The molecule has 0 aliphatic rings. The van der Waals surface area contributed by atoms with E-state index in [0.29, 0.717) is 18.8 Å². The fourth-order valence-electron chi connectivity index (χ4n) is 1.89. The van der Waals surface area contributed by atoms with Gasteiger partial charge in [0.25, 0.3) is 0 Å². The number of benzene rings is 1. The Kier molecular flexibility index (Phi) is 6.05. The van der Waals surface area contributed by atoms with Gasteiger partial charge in [0.1, 0.15) is 5.82 Å². The van der Waals surface area contributed by atoms with Crippen LogP contribution in [0.25, 0.3) is 11.1 Å². The Morgan fingerprint density at radius 3 is 2.35 bits per heavy atom. The summed E-state index contributed by atoms with van der Waals surface area (Å²) in [6.45, 7) is 0.520. The Morgan fingerprint density at radius 2 is 1.70 bits per heavy atom. The molecule has 0 radical (unpaired) electrons. The van der Waals surface area contributed by atoms with Crippen molar-refractivity contribution in [2.45, 2.75) is 19.4 Å². The highest BCUT2D eigenvalue weighted by Gasteiger charge is 2.04.